The third kappa shape index (κ3) is 9.44. The zero-order valence-electron chi connectivity index (χ0n) is 20.5. The molecule has 4 N–H and O–H groups in total. The third-order valence-electron chi connectivity index (χ3n) is 4.56. The molecule has 4 rings (SSSR count). The molecule has 0 fully saturated rings. The van der Waals surface area contributed by atoms with Crippen LogP contribution in [0.4, 0.5) is 0 Å². The number of esters is 1. The van der Waals surface area contributed by atoms with Gasteiger partial charge in [0.05, 0.1) is 20.2 Å². The summed E-state index contributed by atoms with van der Waals surface area (Å²) in [6.07, 6.45) is 2.94. The van der Waals surface area contributed by atoms with Crippen LogP contribution in [0.3, 0.4) is 0 Å². The van der Waals surface area contributed by atoms with E-state index in [1.54, 1.807) is 4.68 Å². The number of nitrogens with zero attached hydrogens (tertiary/aromatic N) is 6. The van der Waals surface area contributed by atoms with Crippen LogP contribution >= 0.6 is 0 Å². The first-order valence-electron chi connectivity index (χ1n) is 10.1. The van der Waals surface area contributed by atoms with Gasteiger partial charge in [-0.1, -0.05) is 59.7 Å². The molecular weight excluding hydrogens is 463 g/mol. The molecule has 0 spiro atoms. The Morgan fingerprint density at radius 2 is 1.19 bits per heavy atom. The number of carbonyl (C=O) groups is 2. The smallest absolute Gasteiger partial charge is 0.870 e. The van der Waals surface area contributed by atoms with Gasteiger partial charge in [0.15, 0.2) is 0 Å². The van der Waals surface area contributed by atoms with Crippen molar-refractivity contribution in [1.29, 1.82) is 0 Å². The maximum Gasteiger partial charge on any atom is 1.00 e. The Morgan fingerprint density at radius 1 is 0.806 bits per heavy atom. The predicted molar refractivity (Wildman–Crippen MR) is 124 cm³/mol. The van der Waals surface area contributed by atoms with Gasteiger partial charge in [0, 0.05) is 0 Å². The molecule has 0 saturated heterocycles. The molecule has 0 radical (unpaired) electrons. The number of aromatic nitrogens is 6. The number of carboxylic acid groups (broad SMARTS) is 1. The largest absolute Gasteiger partial charge is 1.00 e. The van der Waals surface area contributed by atoms with E-state index in [0.717, 1.165) is 11.1 Å². The van der Waals surface area contributed by atoms with Crippen LogP contribution in [0.1, 0.15) is 43.5 Å². The molecule has 0 aliphatic rings. The fourth-order valence-corrected chi connectivity index (χ4v) is 2.79. The standard InChI is InChI=1S/C12H13N3O2.C11H11N3O2.Li.2H2O/c1-9-3-5-10(6-4-9)7-15-8-13-11(14-15)12(16)17-2;1-8-2-4-9(5-3-8)6-14-7-12-10(13-14)11(15)16;;;/h3-6,8H,7H2,1-2H3;2-5,7H,6H2,1H3,(H,15,16);;2*1H2/q;;+1;;/p-1. The summed E-state index contributed by atoms with van der Waals surface area (Å²) in [4.78, 5) is 29.3. The van der Waals surface area contributed by atoms with Gasteiger partial charge in [0.1, 0.15) is 12.7 Å². The van der Waals surface area contributed by atoms with Gasteiger partial charge >= 0.3 is 30.8 Å². The number of benzene rings is 2. The van der Waals surface area contributed by atoms with E-state index < -0.39 is 11.9 Å². The zero-order chi connectivity index (χ0) is 23.8. The molecule has 2 aromatic heterocycles. The number of ether oxygens (including phenoxy) is 1. The molecule has 0 saturated carbocycles. The number of aromatic carboxylic acids is 1. The first kappa shape index (κ1) is 32.2. The molecule has 0 amide bonds. The number of carbonyl (C=O) groups excluding carboxylic acids is 1. The van der Waals surface area contributed by atoms with Crippen molar-refractivity contribution in [1.82, 2.24) is 29.5 Å². The van der Waals surface area contributed by atoms with Crippen LogP contribution in [0.2, 0.25) is 0 Å². The minimum atomic E-state index is -1.11. The summed E-state index contributed by atoms with van der Waals surface area (Å²) in [6, 6.07) is 16.1. The van der Waals surface area contributed by atoms with Crippen LogP contribution in [0.15, 0.2) is 61.2 Å². The van der Waals surface area contributed by atoms with Gasteiger partial charge in [-0.2, -0.15) is 0 Å². The first-order valence-corrected chi connectivity index (χ1v) is 10.1. The summed E-state index contributed by atoms with van der Waals surface area (Å²) >= 11 is 0. The molecular formula is C23H27LiN6O6. The predicted octanol–water partition coefficient (Wildman–Crippen LogP) is -1.24. The average Bonchev–Trinajstić information content (AvgIpc) is 3.47. The average molecular weight is 490 g/mol. The Bertz CT molecular complexity index is 1220. The second kappa shape index (κ2) is 15.2. The number of aryl methyl sites for hydroxylation is 2. The zero-order valence-corrected chi connectivity index (χ0v) is 20.5. The van der Waals surface area contributed by atoms with E-state index in [2.05, 4.69) is 24.9 Å². The van der Waals surface area contributed by atoms with Gasteiger partial charge in [0.25, 0.3) is 11.6 Å². The van der Waals surface area contributed by atoms with Crippen molar-refractivity contribution in [2.24, 2.45) is 0 Å². The van der Waals surface area contributed by atoms with Gasteiger partial charge in [-0.3, -0.25) is 0 Å². The summed E-state index contributed by atoms with van der Waals surface area (Å²) in [6.45, 7) is 5.17. The number of carboxylic acids is 1. The maximum atomic E-state index is 11.2. The normalized spacial score (nSPS) is 9.42. The monoisotopic (exact) mass is 490 g/mol. The maximum absolute atomic E-state index is 11.2. The van der Waals surface area contributed by atoms with Crippen LogP contribution in [-0.4, -0.2) is 64.6 Å². The Balaban J connectivity index is 0.000000629. The van der Waals surface area contributed by atoms with E-state index in [9.17, 15) is 9.59 Å². The molecule has 2 heterocycles. The molecule has 186 valence electrons. The number of hydrogen-bond acceptors (Lipinski definition) is 8. The van der Waals surface area contributed by atoms with Crippen LogP contribution in [0.5, 0.6) is 0 Å². The number of hydrogen-bond donors (Lipinski definition) is 1. The van der Waals surface area contributed by atoms with Gasteiger partial charge in [-0.15, -0.1) is 10.2 Å². The van der Waals surface area contributed by atoms with E-state index in [-0.39, 0.29) is 41.5 Å². The summed E-state index contributed by atoms with van der Waals surface area (Å²) in [5.74, 6) is -1.72. The van der Waals surface area contributed by atoms with Crippen molar-refractivity contribution >= 4 is 11.9 Å². The fraction of sp³-hybridized carbons (Fsp3) is 0.217. The van der Waals surface area contributed by atoms with Gasteiger partial charge in [-0.25, -0.2) is 28.9 Å². The van der Waals surface area contributed by atoms with E-state index in [1.165, 1.54) is 35.6 Å². The van der Waals surface area contributed by atoms with Crippen molar-refractivity contribution < 1.29 is 49.2 Å². The summed E-state index contributed by atoms with van der Waals surface area (Å²) in [5.41, 5.74) is 4.57. The Hall–Kier alpha value is -3.82. The summed E-state index contributed by atoms with van der Waals surface area (Å²) in [7, 11) is 1.31. The second-order valence-corrected chi connectivity index (χ2v) is 7.30. The molecule has 13 heteroatoms. The molecule has 0 aliphatic carbocycles. The van der Waals surface area contributed by atoms with E-state index in [0.29, 0.717) is 13.1 Å². The number of rotatable bonds is 6. The molecule has 2 aromatic carbocycles. The van der Waals surface area contributed by atoms with Crippen LogP contribution in [0, 0.1) is 13.8 Å². The number of methoxy groups -OCH3 is 1. The van der Waals surface area contributed by atoms with Crippen molar-refractivity contribution in [3.05, 3.63) is 95.1 Å². The Labute approximate surface area is 219 Å². The molecule has 0 atom stereocenters. The van der Waals surface area contributed by atoms with Crippen molar-refractivity contribution in [2.45, 2.75) is 26.9 Å². The van der Waals surface area contributed by atoms with Gasteiger partial charge in [-0.05, 0) is 25.0 Å². The molecule has 12 nitrogen and oxygen atoms in total. The second-order valence-electron chi connectivity index (χ2n) is 7.30. The SMILES string of the molecule is COC(=O)c1ncn(Cc2ccc(C)cc2)n1.Cc1ccc(Cn2cnc(C(=O)O)n2)cc1.O.[Li+].[OH-]. The minimum absolute atomic E-state index is 0. The van der Waals surface area contributed by atoms with E-state index in [1.807, 2.05) is 62.4 Å². The van der Waals surface area contributed by atoms with E-state index in [4.69, 9.17) is 5.11 Å². The third-order valence-corrected chi connectivity index (χ3v) is 4.56. The van der Waals surface area contributed by atoms with Gasteiger partial charge < -0.3 is 20.8 Å². The van der Waals surface area contributed by atoms with Crippen LogP contribution in [-0.2, 0) is 17.8 Å². The quantitative estimate of drug-likeness (QED) is 0.255. The molecule has 4 aromatic rings. The van der Waals surface area contributed by atoms with Crippen molar-refractivity contribution in [3.8, 4) is 0 Å². The van der Waals surface area contributed by atoms with Gasteiger partial charge in [0.2, 0.25) is 0 Å². The molecule has 36 heavy (non-hydrogen) atoms. The Morgan fingerprint density at radius 3 is 1.56 bits per heavy atom. The first-order chi connectivity index (χ1) is 15.8. The topological polar surface area (TPSA) is 187 Å². The Kier molecular flexibility index (Phi) is 13.6. The molecule has 0 unspecified atom stereocenters. The molecule has 0 aliphatic heterocycles. The van der Waals surface area contributed by atoms with Crippen molar-refractivity contribution in [3.63, 3.8) is 0 Å². The summed E-state index contributed by atoms with van der Waals surface area (Å²) < 4.78 is 7.65. The van der Waals surface area contributed by atoms with Crippen LogP contribution < -0.4 is 18.9 Å². The van der Waals surface area contributed by atoms with Crippen LogP contribution in [0.25, 0.3) is 0 Å². The minimum Gasteiger partial charge on any atom is -0.870 e. The molecule has 0 bridgehead atoms. The van der Waals surface area contributed by atoms with E-state index >= 15 is 0 Å². The summed E-state index contributed by atoms with van der Waals surface area (Å²) in [5, 5.41) is 16.5. The fourth-order valence-electron chi connectivity index (χ4n) is 2.79. The van der Waals surface area contributed by atoms with Crippen molar-refractivity contribution in [2.75, 3.05) is 7.11 Å².